The lowest BCUT2D eigenvalue weighted by atomic mass is 10.00. The number of aliphatic imine (C=N–C) groups is 1. The Labute approximate surface area is 163 Å². The smallest absolute Gasteiger partial charge is 0.254 e. The molecule has 2 aromatic carbocycles. The highest BCUT2D eigenvalue weighted by Crippen LogP contribution is 2.31. The van der Waals surface area contributed by atoms with Gasteiger partial charge >= 0.3 is 0 Å². The molecule has 2 aromatic rings. The zero-order valence-electron chi connectivity index (χ0n) is 15.2. The van der Waals surface area contributed by atoms with Crippen molar-refractivity contribution in [3.05, 3.63) is 58.6 Å². The molecule has 1 amide bonds. The number of benzene rings is 2. The van der Waals surface area contributed by atoms with E-state index < -0.39 is 6.04 Å². The summed E-state index contributed by atoms with van der Waals surface area (Å²) in [5.41, 5.74) is 2.81. The highest BCUT2D eigenvalue weighted by atomic mass is 35.5. The molecule has 2 N–H and O–H groups in total. The van der Waals surface area contributed by atoms with Crippen LogP contribution in [-0.2, 0) is 4.79 Å². The number of carbonyl (C=O) groups excluding carboxylic acids is 1. The number of halogens is 1. The molecule has 1 atom stereocenters. The first-order valence-electron chi connectivity index (χ1n) is 9.14. The van der Waals surface area contributed by atoms with Crippen LogP contribution in [-0.4, -0.2) is 41.0 Å². The van der Waals surface area contributed by atoms with E-state index in [1.807, 2.05) is 6.07 Å². The van der Waals surface area contributed by atoms with Gasteiger partial charge in [0.1, 0.15) is 5.75 Å². The van der Waals surface area contributed by atoms with Gasteiger partial charge in [0.05, 0.1) is 18.0 Å². The molecule has 3 rings (SSSR count). The fourth-order valence-corrected chi connectivity index (χ4v) is 3.40. The number of unbranched alkanes of at least 4 members (excludes halogenated alkanes) is 2. The van der Waals surface area contributed by atoms with Crippen molar-refractivity contribution >= 4 is 28.9 Å². The molecule has 1 heterocycles. The molecule has 0 radical (unpaired) electrons. The first-order valence-corrected chi connectivity index (χ1v) is 9.52. The van der Waals surface area contributed by atoms with Gasteiger partial charge in [0, 0.05) is 22.7 Å². The number of nitrogens with zero attached hydrogens (tertiary/aromatic N) is 2. The zero-order chi connectivity index (χ0) is 19.4. The van der Waals surface area contributed by atoms with Crippen molar-refractivity contribution in [1.82, 2.24) is 0 Å². The largest absolute Gasteiger partial charge is 0.508 e. The first-order chi connectivity index (χ1) is 13.0. The fourth-order valence-electron chi connectivity index (χ4n) is 3.23. The van der Waals surface area contributed by atoms with Crippen LogP contribution in [0.5, 0.6) is 5.75 Å². The maximum absolute atomic E-state index is 13.0. The Balaban J connectivity index is 2.14. The van der Waals surface area contributed by atoms with Gasteiger partial charge in [-0.05, 0) is 48.9 Å². The lowest BCUT2D eigenvalue weighted by Gasteiger charge is -2.25. The summed E-state index contributed by atoms with van der Waals surface area (Å²) in [6.07, 6.45) is 2.94. The van der Waals surface area contributed by atoms with Crippen LogP contribution in [0.4, 0.5) is 5.69 Å². The Morgan fingerprint density at radius 2 is 1.89 bits per heavy atom. The second-order valence-corrected chi connectivity index (χ2v) is 7.02. The summed E-state index contributed by atoms with van der Waals surface area (Å²) >= 11 is 6.24. The average molecular weight is 387 g/mol. The summed E-state index contributed by atoms with van der Waals surface area (Å²) in [5, 5.41) is 19.9. The summed E-state index contributed by atoms with van der Waals surface area (Å²) in [6.45, 7) is 2.31. The molecule has 6 heteroatoms. The predicted octanol–water partition coefficient (Wildman–Crippen LogP) is 3.78. The predicted molar refractivity (Wildman–Crippen MR) is 108 cm³/mol. The number of hydrogen-bond acceptors (Lipinski definition) is 4. The van der Waals surface area contributed by atoms with Gasteiger partial charge in [0.25, 0.3) is 5.91 Å². The van der Waals surface area contributed by atoms with Crippen molar-refractivity contribution in [2.75, 3.05) is 18.1 Å². The Morgan fingerprint density at radius 3 is 2.56 bits per heavy atom. The number of rotatable bonds is 6. The molecule has 1 aliphatic rings. The molecule has 0 spiro atoms. The minimum Gasteiger partial charge on any atom is -0.508 e. The van der Waals surface area contributed by atoms with Gasteiger partial charge in [-0.25, -0.2) is 0 Å². The normalized spacial score (nSPS) is 16.7. The Morgan fingerprint density at radius 1 is 1.15 bits per heavy atom. The van der Waals surface area contributed by atoms with E-state index in [9.17, 15) is 15.0 Å². The number of aliphatic hydroxyl groups is 1. The fraction of sp³-hybridized carbons (Fsp3) is 0.333. The summed E-state index contributed by atoms with van der Waals surface area (Å²) in [5.74, 6) is -0.0683. The van der Waals surface area contributed by atoms with Gasteiger partial charge in [-0.2, -0.15) is 0 Å². The number of anilines is 1. The van der Waals surface area contributed by atoms with E-state index >= 15 is 0 Å². The molecule has 0 fully saturated rings. The summed E-state index contributed by atoms with van der Waals surface area (Å²) in [7, 11) is 0. The summed E-state index contributed by atoms with van der Waals surface area (Å²) in [4.78, 5) is 19.3. The molecule has 0 aromatic heterocycles. The molecule has 0 aliphatic carbocycles. The Hall–Kier alpha value is -2.37. The average Bonchev–Trinajstić information content (AvgIpc) is 2.78. The molecule has 0 bridgehead atoms. The maximum atomic E-state index is 13.0. The number of benzodiazepines with no additional fused rings is 1. The standard InChI is InChI=1S/C21H23ClN2O3/c1-2-3-4-11-24-19-10-7-15(22)12-17(19)20(23-18(13-25)21(24)27)14-5-8-16(26)9-6-14/h5-10,12,18,25-26H,2-4,11,13H2,1H3. The number of carbonyl (C=O) groups is 1. The Bertz CT molecular complexity index is 849. The number of aliphatic hydroxyl groups excluding tert-OH is 1. The van der Waals surface area contributed by atoms with Crippen LogP contribution in [0.3, 0.4) is 0 Å². The van der Waals surface area contributed by atoms with Gasteiger partial charge in [-0.3, -0.25) is 9.79 Å². The van der Waals surface area contributed by atoms with Crippen molar-refractivity contribution < 1.29 is 15.0 Å². The van der Waals surface area contributed by atoms with Crippen LogP contribution in [0.2, 0.25) is 5.02 Å². The summed E-state index contributed by atoms with van der Waals surface area (Å²) in [6, 6.07) is 11.1. The monoisotopic (exact) mass is 386 g/mol. The van der Waals surface area contributed by atoms with E-state index in [-0.39, 0.29) is 18.3 Å². The van der Waals surface area contributed by atoms with Crippen LogP contribution in [0.15, 0.2) is 47.5 Å². The third-order valence-corrected chi connectivity index (χ3v) is 4.87. The molecule has 1 aliphatic heterocycles. The topological polar surface area (TPSA) is 73.1 Å². The van der Waals surface area contributed by atoms with Gasteiger partial charge in [0.15, 0.2) is 6.04 Å². The van der Waals surface area contributed by atoms with Crippen molar-refractivity contribution in [1.29, 1.82) is 0 Å². The van der Waals surface area contributed by atoms with Crippen LogP contribution in [0.25, 0.3) is 0 Å². The van der Waals surface area contributed by atoms with Gasteiger partial charge in [-0.15, -0.1) is 0 Å². The van der Waals surface area contributed by atoms with E-state index in [0.717, 1.165) is 36.1 Å². The third kappa shape index (κ3) is 4.15. The number of phenols is 1. The minimum absolute atomic E-state index is 0.148. The van der Waals surface area contributed by atoms with Crippen molar-refractivity contribution in [3.8, 4) is 5.75 Å². The number of amides is 1. The van der Waals surface area contributed by atoms with Crippen LogP contribution >= 0.6 is 11.6 Å². The number of aromatic hydroxyl groups is 1. The molecular formula is C21H23ClN2O3. The minimum atomic E-state index is -0.874. The van der Waals surface area contributed by atoms with Crippen molar-refractivity contribution in [2.45, 2.75) is 32.2 Å². The molecule has 0 saturated carbocycles. The second-order valence-electron chi connectivity index (χ2n) is 6.58. The zero-order valence-corrected chi connectivity index (χ0v) is 16.0. The SMILES string of the molecule is CCCCCN1C(=O)C(CO)N=C(c2ccc(O)cc2)c2cc(Cl)ccc21. The van der Waals surface area contributed by atoms with Crippen molar-refractivity contribution in [3.63, 3.8) is 0 Å². The van der Waals surface area contributed by atoms with Crippen molar-refractivity contribution in [2.24, 2.45) is 4.99 Å². The maximum Gasteiger partial charge on any atom is 0.254 e. The number of phenolic OH excluding ortho intramolecular Hbond substituents is 1. The third-order valence-electron chi connectivity index (χ3n) is 4.64. The second kappa shape index (κ2) is 8.55. The highest BCUT2D eigenvalue weighted by molar-refractivity contribution is 6.32. The van der Waals surface area contributed by atoms with E-state index in [4.69, 9.17) is 11.6 Å². The van der Waals surface area contributed by atoms with E-state index in [1.54, 1.807) is 41.3 Å². The first kappa shape index (κ1) is 19.4. The summed E-state index contributed by atoms with van der Waals surface area (Å²) < 4.78 is 0. The molecule has 1 unspecified atom stereocenters. The van der Waals surface area contributed by atoms with E-state index in [1.165, 1.54) is 0 Å². The van der Waals surface area contributed by atoms with E-state index in [2.05, 4.69) is 11.9 Å². The lowest BCUT2D eigenvalue weighted by molar-refractivity contribution is -0.120. The molecular weight excluding hydrogens is 364 g/mol. The van der Waals surface area contributed by atoms with Crippen LogP contribution < -0.4 is 4.90 Å². The van der Waals surface area contributed by atoms with Gasteiger partial charge in [0.2, 0.25) is 0 Å². The molecule has 142 valence electrons. The molecule has 0 saturated heterocycles. The van der Waals surface area contributed by atoms with Gasteiger partial charge < -0.3 is 15.1 Å². The van der Waals surface area contributed by atoms with Crippen LogP contribution in [0, 0.1) is 0 Å². The Kier molecular flexibility index (Phi) is 6.14. The lowest BCUT2D eigenvalue weighted by Crippen LogP contribution is -2.40. The van der Waals surface area contributed by atoms with Crippen LogP contribution in [0.1, 0.15) is 37.3 Å². The number of hydrogen-bond donors (Lipinski definition) is 2. The number of fused-ring (bicyclic) bond motifs is 1. The van der Waals surface area contributed by atoms with E-state index in [0.29, 0.717) is 17.3 Å². The van der Waals surface area contributed by atoms with Gasteiger partial charge in [-0.1, -0.05) is 31.4 Å². The molecule has 5 nitrogen and oxygen atoms in total. The molecule has 27 heavy (non-hydrogen) atoms. The quantitative estimate of drug-likeness (QED) is 0.742. The highest BCUT2D eigenvalue weighted by Gasteiger charge is 2.31.